The predicted octanol–water partition coefficient (Wildman–Crippen LogP) is 3.71. The summed E-state index contributed by atoms with van der Waals surface area (Å²) in [4.78, 5) is 11.2. The minimum Gasteiger partial charge on any atom is -0.490 e. The lowest BCUT2D eigenvalue weighted by Gasteiger charge is -2.13. The van der Waals surface area contributed by atoms with Crippen molar-refractivity contribution in [2.24, 2.45) is 5.73 Å². The number of carbonyl (C=O) groups is 1. The van der Waals surface area contributed by atoms with E-state index in [-0.39, 0.29) is 5.57 Å². The first-order valence-electron chi connectivity index (χ1n) is 7.59. The second-order valence-electron chi connectivity index (χ2n) is 5.09. The quantitative estimate of drug-likeness (QED) is 0.605. The molecule has 0 heterocycles. The maximum Gasteiger partial charge on any atom is 0.259 e. The third kappa shape index (κ3) is 5.27. The Labute approximate surface area is 151 Å². The molecule has 0 radical (unpaired) electrons. The highest BCUT2D eigenvalue weighted by molar-refractivity contribution is 6.30. The van der Waals surface area contributed by atoms with Gasteiger partial charge in [-0.3, -0.25) is 4.79 Å². The van der Waals surface area contributed by atoms with Crippen LogP contribution in [-0.4, -0.2) is 12.5 Å². The number of halogens is 1. The highest BCUT2D eigenvalue weighted by Crippen LogP contribution is 2.30. The molecule has 2 aromatic carbocycles. The summed E-state index contributed by atoms with van der Waals surface area (Å²) in [7, 11) is 0. The molecule has 2 aromatic rings. The fourth-order valence-corrected chi connectivity index (χ4v) is 2.19. The van der Waals surface area contributed by atoms with Crippen LogP contribution in [0.5, 0.6) is 11.5 Å². The SMILES string of the molecule is CCOc1cc(/C=C(\C#N)C(N)=O)ccc1OCc1ccc(Cl)cc1. The van der Waals surface area contributed by atoms with E-state index in [1.165, 1.54) is 6.08 Å². The van der Waals surface area contributed by atoms with Gasteiger partial charge in [0.2, 0.25) is 0 Å². The lowest BCUT2D eigenvalue weighted by atomic mass is 10.1. The van der Waals surface area contributed by atoms with Crippen LogP contribution in [0.1, 0.15) is 18.1 Å². The number of amides is 1. The molecule has 2 rings (SSSR count). The zero-order valence-electron chi connectivity index (χ0n) is 13.7. The maximum atomic E-state index is 11.2. The molecule has 0 bridgehead atoms. The molecule has 0 unspecified atom stereocenters. The van der Waals surface area contributed by atoms with Crippen LogP contribution in [0.3, 0.4) is 0 Å². The summed E-state index contributed by atoms with van der Waals surface area (Å²) < 4.78 is 11.4. The van der Waals surface area contributed by atoms with E-state index in [1.54, 1.807) is 36.4 Å². The van der Waals surface area contributed by atoms with E-state index in [9.17, 15) is 4.79 Å². The van der Waals surface area contributed by atoms with Crippen LogP contribution in [0.25, 0.3) is 6.08 Å². The van der Waals surface area contributed by atoms with Crippen LogP contribution >= 0.6 is 11.6 Å². The highest BCUT2D eigenvalue weighted by Gasteiger charge is 2.09. The van der Waals surface area contributed by atoms with Crippen molar-refractivity contribution in [3.05, 3.63) is 64.2 Å². The molecule has 0 aliphatic rings. The van der Waals surface area contributed by atoms with Gasteiger partial charge < -0.3 is 15.2 Å². The second kappa shape index (κ2) is 8.76. The third-order valence-corrected chi connectivity index (χ3v) is 3.52. The van der Waals surface area contributed by atoms with E-state index < -0.39 is 5.91 Å². The molecular weight excluding hydrogens is 340 g/mol. The molecular formula is C19H17ClN2O3. The van der Waals surface area contributed by atoms with Gasteiger partial charge >= 0.3 is 0 Å². The Morgan fingerprint density at radius 2 is 1.92 bits per heavy atom. The molecule has 25 heavy (non-hydrogen) atoms. The Kier molecular flexibility index (Phi) is 6.44. The van der Waals surface area contributed by atoms with Crippen LogP contribution in [0.2, 0.25) is 5.02 Å². The van der Waals surface area contributed by atoms with Gasteiger partial charge in [0.15, 0.2) is 11.5 Å². The highest BCUT2D eigenvalue weighted by atomic mass is 35.5. The number of nitrogens with two attached hydrogens (primary N) is 1. The van der Waals surface area contributed by atoms with Gasteiger partial charge in [-0.25, -0.2) is 0 Å². The van der Waals surface area contributed by atoms with Crippen LogP contribution in [0.15, 0.2) is 48.0 Å². The van der Waals surface area contributed by atoms with Gasteiger partial charge in [-0.1, -0.05) is 29.8 Å². The minimum absolute atomic E-state index is 0.128. The van der Waals surface area contributed by atoms with Gasteiger partial charge in [-0.05, 0) is 48.4 Å². The van der Waals surface area contributed by atoms with Gasteiger partial charge in [0.05, 0.1) is 6.61 Å². The Balaban J connectivity index is 2.22. The largest absolute Gasteiger partial charge is 0.490 e. The number of primary amides is 1. The van der Waals surface area contributed by atoms with Crippen LogP contribution in [-0.2, 0) is 11.4 Å². The second-order valence-corrected chi connectivity index (χ2v) is 5.52. The molecule has 0 saturated carbocycles. The van der Waals surface area contributed by atoms with Crippen molar-refractivity contribution in [1.82, 2.24) is 0 Å². The molecule has 0 spiro atoms. The average Bonchev–Trinajstić information content (AvgIpc) is 2.60. The maximum absolute atomic E-state index is 11.2. The Bertz CT molecular complexity index is 824. The molecule has 0 saturated heterocycles. The van der Waals surface area contributed by atoms with Crippen molar-refractivity contribution in [2.45, 2.75) is 13.5 Å². The number of hydrogen-bond acceptors (Lipinski definition) is 4. The molecule has 5 nitrogen and oxygen atoms in total. The van der Waals surface area contributed by atoms with Gasteiger partial charge in [0.1, 0.15) is 18.2 Å². The summed E-state index contributed by atoms with van der Waals surface area (Å²) in [5.41, 5.74) is 6.61. The summed E-state index contributed by atoms with van der Waals surface area (Å²) in [6.07, 6.45) is 1.41. The Hall–Kier alpha value is -2.97. The molecule has 0 aliphatic carbocycles. The molecule has 0 aliphatic heterocycles. The van der Waals surface area contributed by atoms with Gasteiger partial charge in [-0.2, -0.15) is 5.26 Å². The average molecular weight is 357 g/mol. The van der Waals surface area contributed by atoms with Crippen LogP contribution < -0.4 is 15.2 Å². The van der Waals surface area contributed by atoms with Crippen LogP contribution in [0.4, 0.5) is 0 Å². The zero-order valence-corrected chi connectivity index (χ0v) is 14.4. The number of rotatable bonds is 7. The standard InChI is InChI=1S/C19H17ClN2O3/c1-2-24-18-10-14(9-15(11-21)19(22)23)5-8-17(18)25-12-13-3-6-16(20)7-4-13/h3-10H,2,12H2,1H3,(H2,22,23)/b15-9+. The molecule has 2 N–H and O–H groups in total. The first-order valence-corrected chi connectivity index (χ1v) is 7.97. The van der Waals surface area contributed by atoms with E-state index in [1.807, 2.05) is 19.1 Å². The molecule has 0 atom stereocenters. The topological polar surface area (TPSA) is 85.3 Å². The molecule has 0 fully saturated rings. The van der Waals surface area contributed by atoms with E-state index in [4.69, 9.17) is 32.1 Å². The number of nitriles is 1. The Morgan fingerprint density at radius 3 is 2.52 bits per heavy atom. The van der Waals surface area contributed by atoms with Crippen molar-refractivity contribution in [2.75, 3.05) is 6.61 Å². The van der Waals surface area contributed by atoms with Gasteiger partial charge in [0, 0.05) is 5.02 Å². The number of hydrogen-bond donors (Lipinski definition) is 1. The lowest BCUT2D eigenvalue weighted by molar-refractivity contribution is -0.114. The lowest BCUT2D eigenvalue weighted by Crippen LogP contribution is -2.12. The number of ether oxygens (including phenoxy) is 2. The van der Waals surface area contributed by atoms with E-state index in [0.29, 0.717) is 35.3 Å². The van der Waals surface area contributed by atoms with Crippen LogP contribution in [0, 0.1) is 11.3 Å². The normalized spacial score (nSPS) is 10.8. The van der Waals surface area contributed by atoms with E-state index in [2.05, 4.69) is 0 Å². The van der Waals surface area contributed by atoms with Crippen molar-refractivity contribution in [3.63, 3.8) is 0 Å². The summed E-state index contributed by atoms with van der Waals surface area (Å²) >= 11 is 5.87. The fraction of sp³-hybridized carbons (Fsp3) is 0.158. The van der Waals surface area contributed by atoms with Crippen molar-refractivity contribution in [3.8, 4) is 17.6 Å². The summed E-state index contributed by atoms with van der Waals surface area (Å²) in [6.45, 7) is 2.66. The smallest absolute Gasteiger partial charge is 0.259 e. The van der Waals surface area contributed by atoms with E-state index in [0.717, 1.165) is 5.56 Å². The third-order valence-electron chi connectivity index (χ3n) is 3.27. The van der Waals surface area contributed by atoms with Crippen molar-refractivity contribution in [1.29, 1.82) is 5.26 Å². The monoisotopic (exact) mass is 356 g/mol. The Morgan fingerprint density at radius 1 is 1.20 bits per heavy atom. The summed E-state index contributed by atoms with van der Waals surface area (Å²) in [6, 6.07) is 14.3. The van der Waals surface area contributed by atoms with Crippen molar-refractivity contribution < 1.29 is 14.3 Å². The van der Waals surface area contributed by atoms with Crippen molar-refractivity contribution >= 4 is 23.6 Å². The molecule has 1 amide bonds. The molecule has 6 heteroatoms. The zero-order chi connectivity index (χ0) is 18.2. The minimum atomic E-state index is -0.775. The number of carbonyl (C=O) groups excluding carboxylic acids is 1. The predicted molar refractivity (Wildman–Crippen MR) is 96.2 cm³/mol. The van der Waals surface area contributed by atoms with E-state index >= 15 is 0 Å². The first kappa shape index (κ1) is 18.4. The first-order chi connectivity index (χ1) is 12.0. The summed E-state index contributed by atoms with van der Waals surface area (Å²) in [5.74, 6) is 0.307. The fourth-order valence-electron chi connectivity index (χ4n) is 2.07. The van der Waals surface area contributed by atoms with Gasteiger partial charge in [0.25, 0.3) is 5.91 Å². The number of benzene rings is 2. The van der Waals surface area contributed by atoms with Gasteiger partial charge in [-0.15, -0.1) is 0 Å². The molecule has 0 aromatic heterocycles. The molecule has 128 valence electrons. The summed E-state index contributed by atoms with van der Waals surface area (Å²) in [5, 5.41) is 9.59. The number of nitrogens with zero attached hydrogens (tertiary/aromatic N) is 1.